The Morgan fingerprint density at radius 3 is 2.80 bits per heavy atom. The van der Waals surface area contributed by atoms with Gasteiger partial charge in [0.05, 0.1) is 0 Å². The standard InChI is InChI=1S/C12H18ClNO/c1-4-14-8-10(3)15-12-6-5-11(13)7-9(12)2/h5-7,10,14H,4,8H2,1-3H3. The first-order chi connectivity index (χ1) is 7.13. The highest BCUT2D eigenvalue weighted by Crippen LogP contribution is 2.22. The fourth-order valence-electron chi connectivity index (χ4n) is 1.35. The molecule has 1 rings (SSSR count). The third kappa shape index (κ3) is 4.10. The monoisotopic (exact) mass is 227 g/mol. The summed E-state index contributed by atoms with van der Waals surface area (Å²) in [6.07, 6.45) is 0.171. The number of hydrogen-bond donors (Lipinski definition) is 1. The molecule has 1 atom stereocenters. The molecule has 1 aromatic carbocycles. The molecule has 1 unspecified atom stereocenters. The van der Waals surface area contributed by atoms with E-state index in [0.29, 0.717) is 0 Å². The summed E-state index contributed by atoms with van der Waals surface area (Å²) in [5, 5.41) is 4.00. The second-order valence-electron chi connectivity index (χ2n) is 3.65. The van der Waals surface area contributed by atoms with Crippen LogP contribution < -0.4 is 10.1 Å². The molecule has 0 aliphatic heterocycles. The lowest BCUT2D eigenvalue weighted by molar-refractivity contribution is 0.217. The van der Waals surface area contributed by atoms with Crippen LogP contribution >= 0.6 is 11.6 Å². The molecule has 3 heteroatoms. The van der Waals surface area contributed by atoms with Crippen LogP contribution in [-0.2, 0) is 0 Å². The largest absolute Gasteiger partial charge is 0.489 e. The van der Waals surface area contributed by atoms with Crippen LogP contribution in [0.25, 0.3) is 0 Å². The van der Waals surface area contributed by atoms with Crippen molar-refractivity contribution < 1.29 is 4.74 Å². The number of hydrogen-bond acceptors (Lipinski definition) is 2. The molecule has 84 valence electrons. The predicted octanol–water partition coefficient (Wildman–Crippen LogP) is 3.03. The van der Waals surface area contributed by atoms with Crippen LogP contribution in [0.2, 0.25) is 5.02 Å². The maximum atomic E-state index is 5.87. The Kier molecular flexibility index (Phi) is 4.92. The van der Waals surface area contributed by atoms with Crippen molar-refractivity contribution in [3.63, 3.8) is 0 Å². The van der Waals surface area contributed by atoms with Crippen molar-refractivity contribution in [3.05, 3.63) is 28.8 Å². The van der Waals surface area contributed by atoms with Gasteiger partial charge in [0.1, 0.15) is 11.9 Å². The van der Waals surface area contributed by atoms with Gasteiger partial charge in [-0.05, 0) is 44.2 Å². The molecule has 0 heterocycles. The van der Waals surface area contributed by atoms with Gasteiger partial charge in [-0.1, -0.05) is 18.5 Å². The number of nitrogens with one attached hydrogen (secondary N) is 1. The van der Waals surface area contributed by atoms with Gasteiger partial charge in [-0.25, -0.2) is 0 Å². The lowest BCUT2D eigenvalue weighted by atomic mass is 10.2. The van der Waals surface area contributed by atoms with E-state index in [4.69, 9.17) is 16.3 Å². The second-order valence-corrected chi connectivity index (χ2v) is 4.08. The highest BCUT2D eigenvalue weighted by atomic mass is 35.5. The lowest BCUT2D eigenvalue weighted by Gasteiger charge is -2.16. The van der Waals surface area contributed by atoms with E-state index in [0.717, 1.165) is 29.4 Å². The summed E-state index contributed by atoms with van der Waals surface area (Å²) in [5.41, 5.74) is 1.07. The molecule has 15 heavy (non-hydrogen) atoms. The molecule has 1 N–H and O–H groups in total. The molecule has 0 radical (unpaired) electrons. The average Bonchev–Trinajstić information content (AvgIpc) is 2.19. The minimum atomic E-state index is 0.171. The van der Waals surface area contributed by atoms with Crippen LogP contribution in [0.15, 0.2) is 18.2 Å². The first kappa shape index (κ1) is 12.3. The van der Waals surface area contributed by atoms with Crippen LogP contribution in [0.5, 0.6) is 5.75 Å². The molecule has 0 fully saturated rings. The minimum Gasteiger partial charge on any atom is -0.489 e. The summed E-state index contributed by atoms with van der Waals surface area (Å²) in [5.74, 6) is 0.907. The topological polar surface area (TPSA) is 21.3 Å². The summed E-state index contributed by atoms with van der Waals surface area (Å²) in [4.78, 5) is 0. The summed E-state index contributed by atoms with van der Waals surface area (Å²) in [6.45, 7) is 7.96. The van der Waals surface area contributed by atoms with E-state index in [-0.39, 0.29) is 6.10 Å². The van der Waals surface area contributed by atoms with Crippen molar-refractivity contribution in [2.45, 2.75) is 26.9 Å². The van der Waals surface area contributed by atoms with Gasteiger partial charge < -0.3 is 10.1 Å². The maximum Gasteiger partial charge on any atom is 0.122 e. The second kappa shape index (κ2) is 5.99. The fraction of sp³-hybridized carbons (Fsp3) is 0.500. The molecular formula is C12H18ClNO. The van der Waals surface area contributed by atoms with Crippen molar-refractivity contribution in [2.24, 2.45) is 0 Å². The van der Waals surface area contributed by atoms with Crippen LogP contribution in [0, 0.1) is 6.92 Å². The number of benzene rings is 1. The highest BCUT2D eigenvalue weighted by Gasteiger charge is 2.05. The van der Waals surface area contributed by atoms with Crippen molar-refractivity contribution in [1.82, 2.24) is 5.32 Å². The van der Waals surface area contributed by atoms with Gasteiger partial charge in [0.25, 0.3) is 0 Å². The summed E-state index contributed by atoms with van der Waals surface area (Å²) in [6, 6.07) is 5.68. The summed E-state index contributed by atoms with van der Waals surface area (Å²) < 4.78 is 5.78. The van der Waals surface area contributed by atoms with Gasteiger partial charge in [-0.2, -0.15) is 0 Å². The van der Waals surface area contributed by atoms with Gasteiger partial charge in [0.15, 0.2) is 0 Å². The molecule has 0 amide bonds. The van der Waals surface area contributed by atoms with E-state index < -0.39 is 0 Å². The molecule has 2 nitrogen and oxygen atoms in total. The number of halogens is 1. The molecule has 0 aliphatic rings. The van der Waals surface area contributed by atoms with Gasteiger partial charge in [-0.3, -0.25) is 0 Å². The van der Waals surface area contributed by atoms with E-state index in [9.17, 15) is 0 Å². The first-order valence-electron chi connectivity index (χ1n) is 5.27. The zero-order valence-corrected chi connectivity index (χ0v) is 10.3. The van der Waals surface area contributed by atoms with Crippen LogP contribution in [0.3, 0.4) is 0 Å². The average molecular weight is 228 g/mol. The number of ether oxygens (including phenoxy) is 1. The molecule has 0 saturated heterocycles. The third-order valence-electron chi connectivity index (χ3n) is 2.15. The van der Waals surface area contributed by atoms with Crippen molar-refractivity contribution in [3.8, 4) is 5.75 Å². The van der Waals surface area contributed by atoms with Gasteiger partial charge in [-0.15, -0.1) is 0 Å². The molecule has 0 saturated carbocycles. The normalized spacial score (nSPS) is 12.5. The van der Waals surface area contributed by atoms with E-state index in [1.807, 2.05) is 25.1 Å². The van der Waals surface area contributed by atoms with E-state index in [2.05, 4.69) is 19.2 Å². The summed E-state index contributed by atoms with van der Waals surface area (Å²) >= 11 is 5.87. The van der Waals surface area contributed by atoms with Crippen molar-refractivity contribution in [2.75, 3.05) is 13.1 Å². The number of rotatable bonds is 5. The number of aryl methyl sites for hydroxylation is 1. The quantitative estimate of drug-likeness (QED) is 0.835. The van der Waals surface area contributed by atoms with Crippen molar-refractivity contribution >= 4 is 11.6 Å². The zero-order valence-electron chi connectivity index (χ0n) is 9.51. The van der Waals surface area contributed by atoms with E-state index in [1.165, 1.54) is 0 Å². The van der Waals surface area contributed by atoms with Gasteiger partial charge in [0, 0.05) is 11.6 Å². The smallest absolute Gasteiger partial charge is 0.122 e. The SMILES string of the molecule is CCNCC(C)Oc1ccc(Cl)cc1C. The Labute approximate surface area is 96.6 Å². The molecule has 0 bridgehead atoms. The van der Waals surface area contributed by atoms with Gasteiger partial charge >= 0.3 is 0 Å². The van der Waals surface area contributed by atoms with E-state index >= 15 is 0 Å². The Morgan fingerprint density at radius 1 is 1.47 bits per heavy atom. The Balaban J connectivity index is 2.56. The van der Waals surface area contributed by atoms with Crippen LogP contribution in [0.4, 0.5) is 0 Å². The first-order valence-corrected chi connectivity index (χ1v) is 5.64. The molecule has 0 aliphatic carbocycles. The molecular weight excluding hydrogens is 210 g/mol. The Morgan fingerprint density at radius 2 is 2.20 bits per heavy atom. The Hall–Kier alpha value is -0.730. The number of likely N-dealkylation sites (N-methyl/N-ethyl adjacent to an activating group) is 1. The van der Waals surface area contributed by atoms with Crippen LogP contribution in [-0.4, -0.2) is 19.2 Å². The summed E-state index contributed by atoms with van der Waals surface area (Å²) in [7, 11) is 0. The Bertz CT molecular complexity index is 314. The lowest BCUT2D eigenvalue weighted by Crippen LogP contribution is -2.28. The maximum absolute atomic E-state index is 5.87. The third-order valence-corrected chi connectivity index (χ3v) is 2.38. The minimum absolute atomic E-state index is 0.171. The van der Waals surface area contributed by atoms with Crippen molar-refractivity contribution in [1.29, 1.82) is 0 Å². The molecule has 0 aromatic heterocycles. The predicted molar refractivity (Wildman–Crippen MR) is 64.8 cm³/mol. The van der Waals surface area contributed by atoms with E-state index in [1.54, 1.807) is 0 Å². The highest BCUT2D eigenvalue weighted by molar-refractivity contribution is 6.30. The van der Waals surface area contributed by atoms with Crippen LogP contribution in [0.1, 0.15) is 19.4 Å². The zero-order chi connectivity index (χ0) is 11.3. The van der Waals surface area contributed by atoms with Gasteiger partial charge in [0.2, 0.25) is 0 Å². The molecule has 0 spiro atoms. The fourth-order valence-corrected chi connectivity index (χ4v) is 1.58. The molecule has 1 aromatic rings.